The van der Waals surface area contributed by atoms with Crippen molar-refractivity contribution in [1.29, 1.82) is 5.26 Å². The molecule has 0 saturated carbocycles. The van der Waals surface area contributed by atoms with Crippen molar-refractivity contribution in [1.82, 2.24) is 4.90 Å². The predicted molar refractivity (Wildman–Crippen MR) is 76.2 cm³/mol. The van der Waals surface area contributed by atoms with Gasteiger partial charge in [0, 0.05) is 12.6 Å². The van der Waals surface area contributed by atoms with Crippen molar-refractivity contribution >= 4 is 0 Å². The molecule has 1 aromatic carbocycles. The number of piperidine rings is 1. The largest absolute Gasteiger partial charge is 0.494 e. The molecule has 0 aromatic heterocycles. The van der Waals surface area contributed by atoms with Crippen molar-refractivity contribution in [3.8, 4) is 11.8 Å². The predicted octanol–water partition coefficient (Wildman–Crippen LogP) is 3.20. The van der Waals surface area contributed by atoms with E-state index in [9.17, 15) is 0 Å². The number of nitrogens with zero attached hydrogens (tertiary/aromatic N) is 2. The number of nitriles is 1. The van der Waals surface area contributed by atoms with Crippen molar-refractivity contribution in [3.63, 3.8) is 0 Å². The number of likely N-dealkylation sites (tertiary alicyclic amines) is 1. The first-order valence-electron chi connectivity index (χ1n) is 7.16. The minimum absolute atomic E-state index is 0.675. The summed E-state index contributed by atoms with van der Waals surface area (Å²) in [6, 6.07) is 10.1. The molecule has 3 heteroatoms. The Hall–Kier alpha value is -1.53. The number of benzene rings is 1. The van der Waals surface area contributed by atoms with E-state index in [4.69, 9.17) is 10.00 Å². The average molecular weight is 258 g/mol. The highest BCUT2D eigenvalue weighted by atomic mass is 16.5. The zero-order chi connectivity index (χ0) is 13.5. The van der Waals surface area contributed by atoms with Crippen LogP contribution in [0.15, 0.2) is 24.3 Å². The number of ether oxygens (including phenoxy) is 1. The molecular formula is C16H22N2O. The molecule has 19 heavy (non-hydrogen) atoms. The summed E-state index contributed by atoms with van der Waals surface area (Å²) in [6.45, 7) is 5.42. The number of hydrogen-bond acceptors (Lipinski definition) is 3. The van der Waals surface area contributed by atoms with Crippen LogP contribution in [0.25, 0.3) is 0 Å². The quantitative estimate of drug-likeness (QED) is 0.761. The molecule has 0 aliphatic carbocycles. The van der Waals surface area contributed by atoms with Gasteiger partial charge in [-0.3, -0.25) is 0 Å². The third-order valence-corrected chi connectivity index (χ3v) is 3.78. The maximum atomic E-state index is 8.72. The number of rotatable bonds is 5. The van der Waals surface area contributed by atoms with Gasteiger partial charge in [0.15, 0.2) is 0 Å². The van der Waals surface area contributed by atoms with E-state index in [-0.39, 0.29) is 0 Å². The molecule has 0 N–H and O–H groups in total. The third kappa shape index (κ3) is 4.25. The van der Waals surface area contributed by atoms with Crippen LogP contribution in [0.4, 0.5) is 0 Å². The lowest BCUT2D eigenvalue weighted by Gasteiger charge is -2.33. The molecule has 1 aliphatic heterocycles. The zero-order valence-corrected chi connectivity index (χ0v) is 11.6. The molecular weight excluding hydrogens is 236 g/mol. The highest BCUT2D eigenvalue weighted by Gasteiger charge is 2.17. The van der Waals surface area contributed by atoms with Gasteiger partial charge in [0.05, 0.1) is 18.2 Å². The molecule has 1 aliphatic rings. The van der Waals surface area contributed by atoms with E-state index < -0.39 is 0 Å². The highest BCUT2D eigenvalue weighted by molar-refractivity contribution is 5.34. The SMILES string of the molecule is CC1CCCCN1CCCOc1ccc(C#N)cc1. The smallest absolute Gasteiger partial charge is 0.119 e. The van der Waals surface area contributed by atoms with E-state index in [1.165, 1.54) is 25.8 Å². The van der Waals surface area contributed by atoms with E-state index in [1.54, 1.807) is 12.1 Å². The van der Waals surface area contributed by atoms with Gasteiger partial charge in [-0.15, -0.1) is 0 Å². The summed E-state index contributed by atoms with van der Waals surface area (Å²) in [6.07, 6.45) is 5.10. The summed E-state index contributed by atoms with van der Waals surface area (Å²) in [7, 11) is 0. The molecule has 0 bridgehead atoms. The molecule has 1 unspecified atom stereocenters. The Balaban J connectivity index is 1.67. The van der Waals surface area contributed by atoms with E-state index in [0.717, 1.165) is 31.4 Å². The highest BCUT2D eigenvalue weighted by Crippen LogP contribution is 2.17. The Morgan fingerprint density at radius 1 is 1.32 bits per heavy atom. The second kappa shape index (κ2) is 7.16. The maximum Gasteiger partial charge on any atom is 0.119 e. The fraction of sp³-hybridized carbons (Fsp3) is 0.562. The molecule has 2 rings (SSSR count). The normalized spacial score (nSPS) is 19.9. The van der Waals surface area contributed by atoms with E-state index in [1.807, 2.05) is 12.1 Å². The molecule has 1 fully saturated rings. The zero-order valence-electron chi connectivity index (χ0n) is 11.6. The lowest BCUT2D eigenvalue weighted by atomic mass is 10.0. The first-order chi connectivity index (χ1) is 9.29. The fourth-order valence-corrected chi connectivity index (χ4v) is 2.57. The lowest BCUT2D eigenvalue weighted by Crippen LogP contribution is -2.38. The minimum atomic E-state index is 0.675. The van der Waals surface area contributed by atoms with Crippen LogP contribution < -0.4 is 4.74 Å². The summed E-state index contributed by atoms with van der Waals surface area (Å²) in [5.74, 6) is 0.852. The molecule has 1 heterocycles. The summed E-state index contributed by atoms with van der Waals surface area (Å²) in [5.41, 5.74) is 0.675. The van der Waals surface area contributed by atoms with Crippen molar-refractivity contribution in [2.75, 3.05) is 19.7 Å². The Morgan fingerprint density at radius 3 is 2.79 bits per heavy atom. The van der Waals surface area contributed by atoms with Crippen LogP contribution >= 0.6 is 0 Å². The van der Waals surface area contributed by atoms with Crippen LogP contribution in [-0.4, -0.2) is 30.6 Å². The maximum absolute atomic E-state index is 8.72. The fourth-order valence-electron chi connectivity index (χ4n) is 2.57. The monoisotopic (exact) mass is 258 g/mol. The van der Waals surface area contributed by atoms with Gasteiger partial charge in [-0.2, -0.15) is 5.26 Å². The molecule has 0 amide bonds. The van der Waals surface area contributed by atoms with Crippen molar-refractivity contribution in [2.45, 2.75) is 38.6 Å². The summed E-state index contributed by atoms with van der Waals surface area (Å²) < 4.78 is 5.70. The first-order valence-corrected chi connectivity index (χ1v) is 7.16. The van der Waals surface area contributed by atoms with Crippen LogP contribution in [0.5, 0.6) is 5.75 Å². The summed E-state index contributed by atoms with van der Waals surface area (Å²) >= 11 is 0. The van der Waals surface area contributed by atoms with Crippen LogP contribution in [-0.2, 0) is 0 Å². The van der Waals surface area contributed by atoms with Crippen LogP contribution in [0.1, 0.15) is 38.2 Å². The van der Waals surface area contributed by atoms with E-state index >= 15 is 0 Å². The Bertz CT molecular complexity index is 421. The molecule has 1 aromatic rings. The molecule has 0 spiro atoms. The Morgan fingerprint density at radius 2 is 2.11 bits per heavy atom. The first kappa shape index (κ1) is 13.9. The van der Waals surface area contributed by atoms with Crippen molar-refractivity contribution in [2.24, 2.45) is 0 Å². The second-order valence-electron chi connectivity index (χ2n) is 5.22. The van der Waals surface area contributed by atoms with Gasteiger partial charge in [-0.05, 0) is 57.0 Å². The number of hydrogen-bond donors (Lipinski definition) is 0. The van der Waals surface area contributed by atoms with Gasteiger partial charge in [0.1, 0.15) is 5.75 Å². The van der Waals surface area contributed by atoms with Gasteiger partial charge >= 0.3 is 0 Å². The molecule has 3 nitrogen and oxygen atoms in total. The lowest BCUT2D eigenvalue weighted by molar-refractivity contribution is 0.148. The standard InChI is InChI=1S/C16H22N2O/c1-14-5-2-3-10-18(14)11-4-12-19-16-8-6-15(13-17)7-9-16/h6-9,14H,2-5,10-12H2,1H3. The van der Waals surface area contributed by atoms with Gasteiger partial charge in [-0.25, -0.2) is 0 Å². The van der Waals surface area contributed by atoms with Crippen molar-refractivity contribution < 1.29 is 4.74 Å². The Labute approximate surface area is 115 Å². The van der Waals surface area contributed by atoms with Crippen molar-refractivity contribution in [3.05, 3.63) is 29.8 Å². The summed E-state index contributed by atoms with van der Waals surface area (Å²) in [4.78, 5) is 2.56. The third-order valence-electron chi connectivity index (χ3n) is 3.78. The molecule has 1 atom stereocenters. The molecule has 0 radical (unpaired) electrons. The van der Waals surface area contributed by atoms with E-state index in [0.29, 0.717) is 5.56 Å². The second-order valence-corrected chi connectivity index (χ2v) is 5.22. The van der Waals surface area contributed by atoms with Crippen LogP contribution in [0.3, 0.4) is 0 Å². The van der Waals surface area contributed by atoms with Crippen LogP contribution in [0.2, 0.25) is 0 Å². The Kier molecular flexibility index (Phi) is 5.23. The average Bonchev–Trinajstić information content (AvgIpc) is 2.46. The summed E-state index contributed by atoms with van der Waals surface area (Å²) in [5, 5.41) is 8.72. The van der Waals surface area contributed by atoms with Gasteiger partial charge in [0.25, 0.3) is 0 Å². The molecule has 1 saturated heterocycles. The molecule has 102 valence electrons. The van der Waals surface area contributed by atoms with Gasteiger partial charge < -0.3 is 9.64 Å². The van der Waals surface area contributed by atoms with Gasteiger partial charge in [-0.1, -0.05) is 6.42 Å². The minimum Gasteiger partial charge on any atom is -0.494 e. The van der Waals surface area contributed by atoms with E-state index in [2.05, 4.69) is 17.9 Å². The topological polar surface area (TPSA) is 36.3 Å². The van der Waals surface area contributed by atoms with Gasteiger partial charge in [0.2, 0.25) is 0 Å². The van der Waals surface area contributed by atoms with Crippen LogP contribution in [0, 0.1) is 11.3 Å².